The van der Waals surface area contributed by atoms with E-state index in [0.29, 0.717) is 6.04 Å². The Kier molecular flexibility index (Phi) is 3.48. The molecule has 1 N–H and O–H groups in total. The first-order valence-corrected chi connectivity index (χ1v) is 5.88. The van der Waals surface area contributed by atoms with Gasteiger partial charge in [-0.2, -0.15) is 0 Å². The first kappa shape index (κ1) is 13.2. The molecule has 0 saturated carbocycles. The normalized spacial score (nSPS) is 24.2. The predicted octanol–water partition coefficient (Wildman–Crippen LogP) is 1.94. The Balaban J connectivity index is 3.05. The molecule has 1 heterocycles. The van der Waals surface area contributed by atoms with Gasteiger partial charge in [0.1, 0.15) is 0 Å². The Hall–Kier alpha value is -0.830. The summed E-state index contributed by atoms with van der Waals surface area (Å²) in [6, 6.07) is 0.471. The Morgan fingerprint density at radius 3 is 2.06 bits per heavy atom. The zero-order chi connectivity index (χ0) is 12.6. The number of nitrogens with zero attached hydrogens (tertiary/aromatic N) is 1. The van der Waals surface area contributed by atoms with Gasteiger partial charge in [0.2, 0.25) is 5.91 Å². The zero-order valence-electron chi connectivity index (χ0n) is 11.1. The van der Waals surface area contributed by atoms with Crippen LogP contribution in [0.25, 0.3) is 0 Å². The lowest BCUT2D eigenvalue weighted by Crippen LogP contribution is -2.65. The lowest BCUT2D eigenvalue weighted by molar-refractivity contribution is -0.144. The molecule has 0 aliphatic carbocycles. The van der Waals surface area contributed by atoms with E-state index in [9.17, 15) is 4.79 Å². The molecule has 1 amide bonds. The minimum absolute atomic E-state index is 0.0320. The van der Waals surface area contributed by atoms with Gasteiger partial charge in [-0.3, -0.25) is 4.79 Å². The molecule has 0 spiro atoms. The van der Waals surface area contributed by atoms with E-state index < -0.39 is 0 Å². The van der Waals surface area contributed by atoms with Crippen LogP contribution in [0.1, 0.15) is 40.5 Å². The minimum Gasteiger partial charge on any atom is -0.329 e. The van der Waals surface area contributed by atoms with Crippen molar-refractivity contribution < 1.29 is 4.79 Å². The van der Waals surface area contributed by atoms with Gasteiger partial charge < -0.3 is 10.2 Å². The first-order valence-electron chi connectivity index (χ1n) is 5.88. The van der Waals surface area contributed by atoms with E-state index in [0.717, 1.165) is 12.8 Å². The number of rotatable bonds is 2. The van der Waals surface area contributed by atoms with Crippen molar-refractivity contribution in [2.75, 3.05) is 7.05 Å². The molecule has 0 atom stereocenters. The molecular formula is C13H24N2O. The Labute approximate surface area is 98.9 Å². The fourth-order valence-corrected chi connectivity index (χ4v) is 3.17. The summed E-state index contributed by atoms with van der Waals surface area (Å²) in [5, 5.41) is 3.33. The highest BCUT2D eigenvalue weighted by atomic mass is 16.2. The summed E-state index contributed by atoms with van der Waals surface area (Å²) in [7, 11) is 1.99. The standard InChI is InChI=1S/C13H24N2O/c1-7-11(16)15-12(2,3)8-10(14-6)9-13(15,4)5/h7,10,14H,1,8-9H2,2-6H3. The highest BCUT2D eigenvalue weighted by molar-refractivity contribution is 5.88. The second-order valence-corrected chi connectivity index (χ2v) is 5.90. The van der Waals surface area contributed by atoms with Crippen LogP contribution in [0.2, 0.25) is 0 Å². The van der Waals surface area contributed by atoms with Gasteiger partial charge in [0.15, 0.2) is 0 Å². The smallest absolute Gasteiger partial charge is 0.246 e. The van der Waals surface area contributed by atoms with Crippen LogP contribution in [0.4, 0.5) is 0 Å². The highest BCUT2D eigenvalue weighted by Gasteiger charge is 2.46. The van der Waals surface area contributed by atoms with E-state index in [4.69, 9.17) is 0 Å². The molecule has 3 heteroatoms. The van der Waals surface area contributed by atoms with E-state index in [1.807, 2.05) is 11.9 Å². The summed E-state index contributed by atoms with van der Waals surface area (Å²) in [5.74, 6) is 0.0320. The maximum Gasteiger partial charge on any atom is 0.246 e. The van der Waals surface area contributed by atoms with Gasteiger partial charge in [-0.25, -0.2) is 0 Å². The Morgan fingerprint density at radius 1 is 1.31 bits per heavy atom. The van der Waals surface area contributed by atoms with Gasteiger partial charge in [0.25, 0.3) is 0 Å². The van der Waals surface area contributed by atoms with Crippen molar-refractivity contribution in [1.29, 1.82) is 0 Å². The summed E-state index contributed by atoms with van der Waals surface area (Å²) in [4.78, 5) is 14.0. The lowest BCUT2D eigenvalue weighted by atomic mass is 9.77. The molecular weight excluding hydrogens is 200 g/mol. The van der Waals surface area contributed by atoms with Crippen LogP contribution >= 0.6 is 0 Å². The number of hydrogen-bond acceptors (Lipinski definition) is 2. The Bertz CT molecular complexity index is 276. The first-order chi connectivity index (χ1) is 7.24. The molecule has 0 bridgehead atoms. The van der Waals surface area contributed by atoms with Crippen LogP contribution in [-0.4, -0.2) is 35.0 Å². The molecule has 0 radical (unpaired) electrons. The number of hydrogen-bond donors (Lipinski definition) is 1. The second-order valence-electron chi connectivity index (χ2n) is 5.90. The number of piperidine rings is 1. The summed E-state index contributed by atoms with van der Waals surface area (Å²) < 4.78 is 0. The third kappa shape index (κ3) is 2.29. The quantitative estimate of drug-likeness (QED) is 0.727. The van der Waals surface area contributed by atoms with Crippen molar-refractivity contribution in [3.8, 4) is 0 Å². The second kappa shape index (κ2) is 4.21. The number of amides is 1. The maximum atomic E-state index is 12.0. The molecule has 1 rings (SSSR count). The number of likely N-dealkylation sites (tertiary alicyclic amines) is 1. The predicted molar refractivity (Wildman–Crippen MR) is 67.3 cm³/mol. The summed E-state index contributed by atoms with van der Waals surface area (Å²) in [6.07, 6.45) is 3.38. The average molecular weight is 224 g/mol. The Morgan fingerprint density at radius 2 is 1.75 bits per heavy atom. The third-order valence-corrected chi connectivity index (χ3v) is 3.51. The summed E-state index contributed by atoms with van der Waals surface area (Å²) in [5.41, 5.74) is -0.249. The van der Waals surface area contributed by atoms with Crippen molar-refractivity contribution >= 4 is 5.91 Å². The van der Waals surface area contributed by atoms with Crippen molar-refractivity contribution in [2.24, 2.45) is 0 Å². The molecule has 0 aromatic carbocycles. The molecule has 1 aliphatic heterocycles. The van der Waals surface area contributed by atoms with Crippen molar-refractivity contribution in [1.82, 2.24) is 10.2 Å². The fourth-order valence-electron chi connectivity index (χ4n) is 3.17. The van der Waals surface area contributed by atoms with Gasteiger partial charge in [-0.15, -0.1) is 0 Å². The SMILES string of the molecule is C=CC(=O)N1C(C)(C)CC(NC)CC1(C)C. The van der Waals surface area contributed by atoms with Gasteiger partial charge in [0.05, 0.1) is 0 Å². The molecule has 3 nitrogen and oxygen atoms in total. The number of carbonyl (C=O) groups is 1. The van der Waals surface area contributed by atoms with Gasteiger partial charge in [0, 0.05) is 17.1 Å². The van der Waals surface area contributed by atoms with E-state index in [1.54, 1.807) is 0 Å². The summed E-state index contributed by atoms with van der Waals surface area (Å²) >= 11 is 0. The molecule has 16 heavy (non-hydrogen) atoms. The van der Waals surface area contributed by atoms with E-state index in [1.165, 1.54) is 6.08 Å². The van der Waals surface area contributed by atoms with Crippen molar-refractivity contribution in [2.45, 2.75) is 57.7 Å². The van der Waals surface area contributed by atoms with Crippen LogP contribution in [0, 0.1) is 0 Å². The molecule has 1 fully saturated rings. The van der Waals surface area contributed by atoms with E-state index >= 15 is 0 Å². The van der Waals surface area contributed by atoms with E-state index in [2.05, 4.69) is 39.6 Å². The number of nitrogens with one attached hydrogen (secondary N) is 1. The average Bonchev–Trinajstić information content (AvgIpc) is 2.13. The van der Waals surface area contributed by atoms with Gasteiger partial charge >= 0.3 is 0 Å². The molecule has 1 aliphatic rings. The van der Waals surface area contributed by atoms with Gasteiger partial charge in [-0.1, -0.05) is 6.58 Å². The molecule has 92 valence electrons. The van der Waals surface area contributed by atoms with Crippen molar-refractivity contribution in [3.63, 3.8) is 0 Å². The summed E-state index contributed by atoms with van der Waals surface area (Å²) in [6.45, 7) is 12.1. The van der Waals surface area contributed by atoms with Crippen LogP contribution in [0.15, 0.2) is 12.7 Å². The van der Waals surface area contributed by atoms with Crippen LogP contribution in [-0.2, 0) is 4.79 Å². The third-order valence-electron chi connectivity index (χ3n) is 3.51. The number of carbonyl (C=O) groups excluding carboxylic acids is 1. The van der Waals surface area contributed by atoms with Gasteiger partial charge in [-0.05, 0) is 53.7 Å². The largest absolute Gasteiger partial charge is 0.329 e. The molecule has 0 aromatic rings. The van der Waals surface area contributed by atoms with Crippen LogP contribution in [0.5, 0.6) is 0 Å². The van der Waals surface area contributed by atoms with E-state index in [-0.39, 0.29) is 17.0 Å². The molecule has 0 unspecified atom stereocenters. The van der Waals surface area contributed by atoms with Crippen LogP contribution < -0.4 is 5.32 Å². The molecule has 1 saturated heterocycles. The lowest BCUT2D eigenvalue weighted by Gasteiger charge is -2.55. The maximum absolute atomic E-state index is 12.0. The zero-order valence-corrected chi connectivity index (χ0v) is 11.1. The fraction of sp³-hybridized carbons (Fsp3) is 0.769. The monoisotopic (exact) mass is 224 g/mol. The van der Waals surface area contributed by atoms with Crippen molar-refractivity contribution in [3.05, 3.63) is 12.7 Å². The molecule has 0 aromatic heterocycles. The van der Waals surface area contributed by atoms with Crippen LogP contribution in [0.3, 0.4) is 0 Å². The topological polar surface area (TPSA) is 32.3 Å². The minimum atomic E-state index is -0.124. The highest BCUT2D eigenvalue weighted by Crippen LogP contribution is 2.38.